The number of furan rings is 1. The number of rotatable bonds is 6. The number of aliphatic hydroxyl groups is 1. The van der Waals surface area contributed by atoms with E-state index in [1.165, 1.54) is 11.3 Å². The largest absolute Gasteiger partial charge is 0.466 e. The van der Waals surface area contributed by atoms with Gasteiger partial charge in [-0.15, -0.1) is 11.3 Å². The molecule has 0 spiro atoms. The maximum absolute atomic E-state index is 11.9. The molecule has 1 atom stereocenters. The molecule has 2 rings (SSSR count). The molecule has 0 fully saturated rings. The molecule has 0 bridgehead atoms. The highest BCUT2D eigenvalue weighted by Crippen LogP contribution is 2.26. The molecule has 0 aliphatic rings. The quantitative estimate of drug-likeness (QED) is 0.844. The monoisotopic (exact) mass is 341 g/mol. The van der Waals surface area contributed by atoms with Crippen LogP contribution in [-0.2, 0) is 16.8 Å². The number of aryl methyl sites for hydroxylation is 3. The summed E-state index contributed by atoms with van der Waals surface area (Å²) in [5.74, 6) is 1.32. The summed E-state index contributed by atoms with van der Waals surface area (Å²) in [6, 6.07) is 5.55. The molecular formula is C16H20ClNO3S. The second-order valence-electron chi connectivity index (χ2n) is 5.58. The van der Waals surface area contributed by atoms with E-state index in [1.807, 2.05) is 19.1 Å². The van der Waals surface area contributed by atoms with Crippen LogP contribution in [0.5, 0.6) is 0 Å². The van der Waals surface area contributed by atoms with E-state index in [0.717, 1.165) is 15.0 Å². The number of carbonyl (C=O) groups excluding carboxylic acids is 1. The van der Waals surface area contributed by atoms with Gasteiger partial charge in [-0.05, 0) is 45.4 Å². The Bertz CT molecular complexity index is 660. The van der Waals surface area contributed by atoms with Crippen molar-refractivity contribution in [1.82, 2.24) is 5.32 Å². The third-order valence-electron chi connectivity index (χ3n) is 3.48. The molecule has 2 N–H and O–H groups in total. The Morgan fingerprint density at radius 3 is 2.73 bits per heavy atom. The lowest BCUT2D eigenvalue weighted by Gasteiger charge is -2.23. The maximum atomic E-state index is 11.9. The maximum Gasteiger partial charge on any atom is 0.220 e. The van der Waals surface area contributed by atoms with Crippen LogP contribution in [0, 0.1) is 13.8 Å². The molecule has 1 unspecified atom stereocenters. The number of nitrogens with one attached hydrogen (secondary N) is 1. The van der Waals surface area contributed by atoms with Crippen LogP contribution in [0.4, 0.5) is 0 Å². The summed E-state index contributed by atoms with van der Waals surface area (Å²) >= 11 is 7.34. The lowest BCUT2D eigenvalue weighted by atomic mass is 9.96. The number of hydrogen-bond acceptors (Lipinski definition) is 4. The first-order valence-corrected chi connectivity index (χ1v) is 8.28. The molecular weight excluding hydrogens is 322 g/mol. The Balaban J connectivity index is 1.86. The van der Waals surface area contributed by atoms with Gasteiger partial charge in [-0.25, -0.2) is 0 Å². The zero-order chi connectivity index (χ0) is 16.3. The molecule has 0 aliphatic carbocycles. The lowest BCUT2D eigenvalue weighted by molar-refractivity contribution is -0.122. The van der Waals surface area contributed by atoms with Crippen LogP contribution in [0.3, 0.4) is 0 Å². The summed E-state index contributed by atoms with van der Waals surface area (Å²) in [5.41, 5.74) is -0.445. The smallest absolute Gasteiger partial charge is 0.220 e. The van der Waals surface area contributed by atoms with E-state index in [2.05, 4.69) is 5.32 Å². The van der Waals surface area contributed by atoms with Gasteiger partial charge in [0.1, 0.15) is 17.1 Å². The Kier molecular flexibility index (Phi) is 5.32. The lowest BCUT2D eigenvalue weighted by Crippen LogP contribution is -2.38. The standard InChI is InChI=1S/C16H20ClNO3S/c1-10-8-13(11(2)21-10)16(3,20)9-18-15(19)7-5-12-4-6-14(17)22-12/h4,6,8,20H,5,7,9H2,1-3H3,(H,18,19). The average molecular weight is 342 g/mol. The highest BCUT2D eigenvalue weighted by Gasteiger charge is 2.28. The molecule has 4 nitrogen and oxygen atoms in total. The van der Waals surface area contributed by atoms with Gasteiger partial charge in [0.2, 0.25) is 5.91 Å². The van der Waals surface area contributed by atoms with Crippen molar-refractivity contribution < 1.29 is 14.3 Å². The molecule has 22 heavy (non-hydrogen) atoms. The first kappa shape index (κ1) is 17.1. The number of halogens is 1. The fraction of sp³-hybridized carbons (Fsp3) is 0.438. The third-order valence-corrected chi connectivity index (χ3v) is 4.77. The van der Waals surface area contributed by atoms with E-state index in [-0.39, 0.29) is 12.5 Å². The summed E-state index contributed by atoms with van der Waals surface area (Å²) in [5, 5.41) is 13.3. The molecule has 120 valence electrons. The second kappa shape index (κ2) is 6.86. The highest BCUT2D eigenvalue weighted by molar-refractivity contribution is 7.16. The summed E-state index contributed by atoms with van der Waals surface area (Å²) in [4.78, 5) is 13.0. The van der Waals surface area contributed by atoms with Gasteiger partial charge in [0.05, 0.1) is 10.9 Å². The van der Waals surface area contributed by atoms with E-state index in [1.54, 1.807) is 19.9 Å². The Labute approximate surface area is 139 Å². The van der Waals surface area contributed by atoms with Crippen molar-refractivity contribution in [3.8, 4) is 0 Å². The highest BCUT2D eigenvalue weighted by atomic mass is 35.5. The van der Waals surface area contributed by atoms with Crippen LogP contribution < -0.4 is 5.32 Å². The Morgan fingerprint density at radius 1 is 1.45 bits per heavy atom. The Morgan fingerprint density at radius 2 is 2.18 bits per heavy atom. The van der Waals surface area contributed by atoms with Crippen molar-refractivity contribution in [2.24, 2.45) is 0 Å². The van der Waals surface area contributed by atoms with Crippen LogP contribution in [0.2, 0.25) is 4.34 Å². The fourth-order valence-corrected chi connectivity index (χ4v) is 3.43. The summed E-state index contributed by atoms with van der Waals surface area (Å²) < 4.78 is 6.16. The molecule has 0 aromatic carbocycles. The van der Waals surface area contributed by atoms with Crippen molar-refractivity contribution in [2.75, 3.05) is 6.54 Å². The van der Waals surface area contributed by atoms with Crippen molar-refractivity contribution in [1.29, 1.82) is 0 Å². The predicted molar refractivity (Wildman–Crippen MR) is 88.4 cm³/mol. The van der Waals surface area contributed by atoms with Crippen molar-refractivity contribution in [3.05, 3.63) is 44.5 Å². The molecule has 0 saturated heterocycles. The number of thiophene rings is 1. The summed E-state index contributed by atoms with van der Waals surface area (Å²) in [7, 11) is 0. The molecule has 1 amide bonds. The molecule has 0 saturated carbocycles. The zero-order valence-corrected chi connectivity index (χ0v) is 14.5. The van der Waals surface area contributed by atoms with Gasteiger partial charge in [0, 0.05) is 16.9 Å². The van der Waals surface area contributed by atoms with Crippen LogP contribution in [0.15, 0.2) is 22.6 Å². The van der Waals surface area contributed by atoms with Crippen molar-refractivity contribution >= 4 is 28.8 Å². The summed E-state index contributed by atoms with van der Waals surface area (Å²) in [6.45, 7) is 5.46. The van der Waals surface area contributed by atoms with Gasteiger partial charge < -0.3 is 14.8 Å². The van der Waals surface area contributed by atoms with Crippen molar-refractivity contribution in [3.63, 3.8) is 0 Å². The minimum absolute atomic E-state index is 0.0948. The van der Waals surface area contributed by atoms with E-state index in [0.29, 0.717) is 24.2 Å². The van der Waals surface area contributed by atoms with Gasteiger partial charge in [0.25, 0.3) is 0 Å². The van der Waals surface area contributed by atoms with Gasteiger partial charge in [0.15, 0.2) is 0 Å². The number of hydrogen-bond donors (Lipinski definition) is 2. The minimum Gasteiger partial charge on any atom is -0.466 e. The third kappa shape index (κ3) is 4.35. The Hall–Kier alpha value is -1.30. The molecule has 2 aromatic heterocycles. The predicted octanol–water partition coefficient (Wildman–Crippen LogP) is 3.57. The van der Waals surface area contributed by atoms with Gasteiger partial charge in [-0.2, -0.15) is 0 Å². The van der Waals surface area contributed by atoms with Gasteiger partial charge >= 0.3 is 0 Å². The van der Waals surface area contributed by atoms with E-state index in [4.69, 9.17) is 16.0 Å². The average Bonchev–Trinajstić information content (AvgIpc) is 3.00. The molecule has 6 heteroatoms. The second-order valence-corrected chi connectivity index (χ2v) is 7.38. The van der Waals surface area contributed by atoms with E-state index < -0.39 is 5.60 Å². The molecule has 2 aromatic rings. The first-order chi connectivity index (χ1) is 10.3. The minimum atomic E-state index is -1.15. The number of amides is 1. The van der Waals surface area contributed by atoms with Crippen LogP contribution in [-0.4, -0.2) is 17.6 Å². The van der Waals surface area contributed by atoms with Gasteiger partial charge in [-0.1, -0.05) is 11.6 Å². The van der Waals surface area contributed by atoms with Crippen molar-refractivity contribution in [2.45, 2.75) is 39.2 Å². The van der Waals surface area contributed by atoms with Crippen LogP contribution in [0.1, 0.15) is 35.3 Å². The van der Waals surface area contributed by atoms with Crippen LogP contribution >= 0.6 is 22.9 Å². The van der Waals surface area contributed by atoms with Gasteiger partial charge in [-0.3, -0.25) is 4.79 Å². The zero-order valence-electron chi connectivity index (χ0n) is 12.9. The topological polar surface area (TPSA) is 62.5 Å². The molecule has 0 aliphatic heterocycles. The van der Waals surface area contributed by atoms with E-state index >= 15 is 0 Å². The SMILES string of the molecule is Cc1cc(C(C)(O)CNC(=O)CCc2ccc(Cl)s2)c(C)o1. The number of carbonyl (C=O) groups is 1. The van der Waals surface area contributed by atoms with E-state index in [9.17, 15) is 9.90 Å². The molecule has 2 heterocycles. The van der Waals surface area contributed by atoms with Crippen LogP contribution in [0.25, 0.3) is 0 Å². The first-order valence-electron chi connectivity index (χ1n) is 7.09. The fourth-order valence-electron chi connectivity index (χ4n) is 2.34. The molecule has 0 radical (unpaired) electrons. The summed E-state index contributed by atoms with van der Waals surface area (Å²) in [6.07, 6.45) is 1.02. The normalized spacial score (nSPS) is 13.9.